The fourth-order valence-corrected chi connectivity index (χ4v) is 5.11. The summed E-state index contributed by atoms with van der Waals surface area (Å²) >= 11 is 1.69. The summed E-state index contributed by atoms with van der Waals surface area (Å²) in [5, 5.41) is 9.38. The van der Waals surface area contributed by atoms with Crippen molar-refractivity contribution >= 4 is 43.2 Å². The SMILES string of the molecule is CCc1ccc2nc(Cc3cc(CC(C)C)nc(Nc4ccc(S(N)(=O)=O)cc4)n3)sc2c1. The third-order valence-corrected chi connectivity index (χ3v) is 7.07. The molecule has 0 aliphatic carbocycles. The second kappa shape index (κ2) is 9.54. The molecule has 4 rings (SSSR count). The quantitative estimate of drug-likeness (QED) is 0.373. The van der Waals surface area contributed by atoms with Crippen molar-refractivity contribution < 1.29 is 8.42 Å². The maximum Gasteiger partial charge on any atom is 0.238 e. The van der Waals surface area contributed by atoms with Gasteiger partial charge in [-0.3, -0.25) is 0 Å². The Morgan fingerprint density at radius 3 is 2.39 bits per heavy atom. The van der Waals surface area contributed by atoms with Crippen LogP contribution in [0.5, 0.6) is 0 Å². The first-order valence-electron chi connectivity index (χ1n) is 10.8. The molecule has 0 radical (unpaired) electrons. The lowest BCUT2D eigenvalue weighted by atomic mass is 10.1. The zero-order chi connectivity index (χ0) is 23.6. The van der Waals surface area contributed by atoms with E-state index in [-0.39, 0.29) is 4.90 Å². The minimum Gasteiger partial charge on any atom is -0.324 e. The number of hydrogen-bond acceptors (Lipinski definition) is 7. The highest BCUT2D eigenvalue weighted by atomic mass is 32.2. The van der Waals surface area contributed by atoms with E-state index in [0.717, 1.165) is 34.8 Å². The monoisotopic (exact) mass is 481 g/mol. The number of nitrogens with zero attached hydrogens (tertiary/aromatic N) is 3. The van der Waals surface area contributed by atoms with Crippen molar-refractivity contribution in [3.05, 3.63) is 70.5 Å². The highest BCUT2D eigenvalue weighted by molar-refractivity contribution is 7.89. The van der Waals surface area contributed by atoms with Crippen LogP contribution in [-0.2, 0) is 29.3 Å². The van der Waals surface area contributed by atoms with E-state index in [0.29, 0.717) is 24.0 Å². The molecule has 4 aromatic rings. The van der Waals surface area contributed by atoms with Crippen molar-refractivity contribution in [2.75, 3.05) is 5.32 Å². The smallest absolute Gasteiger partial charge is 0.238 e. The van der Waals surface area contributed by atoms with Crippen LogP contribution in [0.3, 0.4) is 0 Å². The minimum absolute atomic E-state index is 0.0604. The summed E-state index contributed by atoms with van der Waals surface area (Å²) in [7, 11) is -3.73. The molecular formula is C24H27N5O2S2. The average Bonchev–Trinajstić information content (AvgIpc) is 3.14. The van der Waals surface area contributed by atoms with Gasteiger partial charge < -0.3 is 5.32 Å². The lowest BCUT2D eigenvalue weighted by Crippen LogP contribution is -2.12. The third-order valence-electron chi connectivity index (χ3n) is 5.13. The van der Waals surface area contributed by atoms with Crippen LogP contribution in [0.4, 0.5) is 11.6 Å². The standard InChI is InChI=1S/C24H27N5O2S2/c1-4-16-5-10-21-22(12-16)32-23(29-21)14-19-13-18(11-15(2)3)27-24(28-19)26-17-6-8-20(9-7-17)33(25,30)31/h5-10,12-13,15H,4,11,14H2,1-3H3,(H2,25,30,31)(H,26,27,28). The summed E-state index contributed by atoms with van der Waals surface area (Å²) in [5.74, 6) is 0.922. The molecule has 2 aromatic carbocycles. The lowest BCUT2D eigenvalue weighted by Gasteiger charge is -2.11. The van der Waals surface area contributed by atoms with Crippen molar-refractivity contribution in [3.8, 4) is 0 Å². The van der Waals surface area contributed by atoms with E-state index < -0.39 is 10.0 Å². The van der Waals surface area contributed by atoms with Gasteiger partial charge in [-0.2, -0.15) is 0 Å². The molecule has 2 heterocycles. The van der Waals surface area contributed by atoms with Crippen molar-refractivity contribution in [2.24, 2.45) is 11.1 Å². The first kappa shape index (κ1) is 23.3. The van der Waals surface area contributed by atoms with E-state index in [4.69, 9.17) is 15.1 Å². The number of sulfonamides is 1. The zero-order valence-corrected chi connectivity index (χ0v) is 20.5. The third kappa shape index (κ3) is 5.93. The van der Waals surface area contributed by atoms with E-state index in [1.54, 1.807) is 23.5 Å². The molecule has 172 valence electrons. The van der Waals surface area contributed by atoms with Gasteiger partial charge in [0, 0.05) is 17.8 Å². The Morgan fingerprint density at radius 2 is 1.73 bits per heavy atom. The highest BCUT2D eigenvalue weighted by Gasteiger charge is 2.12. The molecule has 0 aliphatic heterocycles. The molecule has 0 atom stereocenters. The molecule has 7 nitrogen and oxygen atoms in total. The normalized spacial score (nSPS) is 11.9. The number of nitrogens with two attached hydrogens (primary N) is 1. The second-order valence-electron chi connectivity index (χ2n) is 8.41. The maximum atomic E-state index is 11.5. The van der Waals surface area contributed by atoms with Gasteiger partial charge in [-0.05, 0) is 66.8 Å². The number of aryl methyl sites for hydroxylation is 1. The molecular weight excluding hydrogens is 454 g/mol. The van der Waals surface area contributed by atoms with Gasteiger partial charge >= 0.3 is 0 Å². The van der Waals surface area contributed by atoms with E-state index in [1.165, 1.54) is 22.4 Å². The zero-order valence-electron chi connectivity index (χ0n) is 18.9. The summed E-state index contributed by atoms with van der Waals surface area (Å²) in [6, 6.07) is 14.7. The largest absolute Gasteiger partial charge is 0.324 e. The van der Waals surface area contributed by atoms with Crippen molar-refractivity contribution in [3.63, 3.8) is 0 Å². The molecule has 0 bridgehead atoms. The van der Waals surface area contributed by atoms with Crippen LogP contribution in [0.2, 0.25) is 0 Å². The molecule has 0 aliphatic rings. The molecule has 2 aromatic heterocycles. The van der Waals surface area contributed by atoms with Crippen LogP contribution in [0.25, 0.3) is 10.2 Å². The van der Waals surface area contributed by atoms with Gasteiger partial charge in [-0.15, -0.1) is 11.3 Å². The molecule has 0 fully saturated rings. The van der Waals surface area contributed by atoms with Crippen molar-refractivity contribution in [1.29, 1.82) is 0 Å². The number of nitrogens with one attached hydrogen (secondary N) is 1. The van der Waals surface area contributed by atoms with Crippen molar-refractivity contribution in [1.82, 2.24) is 15.0 Å². The first-order chi connectivity index (χ1) is 15.7. The lowest BCUT2D eigenvalue weighted by molar-refractivity contribution is 0.598. The molecule has 3 N–H and O–H groups in total. The summed E-state index contributed by atoms with van der Waals surface area (Å²) in [5.41, 5.74) is 4.84. The summed E-state index contributed by atoms with van der Waals surface area (Å²) in [4.78, 5) is 14.2. The highest BCUT2D eigenvalue weighted by Crippen LogP contribution is 2.26. The summed E-state index contributed by atoms with van der Waals surface area (Å²) < 4.78 is 24.2. The Hall–Kier alpha value is -2.88. The number of primary sulfonamides is 1. The Kier molecular flexibility index (Phi) is 6.73. The molecule has 0 amide bonds. The number of aromatic nitrogens is 3. The Morgan fingerprint density at radius 1 is 1.00 bits per heavy atom. The average molecular weight is 482 g/mol. The number of thiazole rings is 1. The molecule has 33 heavy (non-hydrogen) atoms. The van der Waals surface area contributed by atoms with Crippen molar-refractivity contribution in [2.45, 2.75) is 44.9 Å². The van der Waals surface area contributed by atoms with E-state index in [9.17, 15) is 8.42 Å². The molecule has 0 saturated carbocycles. The van der Waals surface area contributed by atoms with E-state index >= 15 is 0 Å². The van der Waals surface area contributed by atoms with E-state index in [1.807, 2.05) is 6.07 Å². The second-order valence-corrected chi connectivity index (χ2v) is 11.1. The van der Waals surface area contributed by atoms with Crippen LogP contribution in [0.15, 0.2) is 53.4 Å². The van der Waals surface area contributed by atoms with Gasteiger partial charge in [0.05, 0.1) is 25.8 Å². The molecule has 9 heteroatoms. The predicted molar refractivity (Wildman–Crippen MR) is 133 cm³/mol. The van der Waals surface area contributed by atoms with Crippen LogP contribution < -0.4 is 10.5 Å². The van der Waals surface area contributed by atoms with Gasteiger partial charge in [-0.1, -0.05) is 26.8 Å². The van der Waals surface area contributed by atoms with Gasteiger partial charge in [0.15, 0.2) is 0 Å². The van der Waals surface area contributed by atoms with E-state index in [2.05, 4.69) is 49.3 Å². The van der Waals surface area contributed by atoms with Crippen LogP contribution in [0.1, 0.15) is 42.7 Å². The first-order valence-corrected chi connectivity index (χ1v) is 13.2. The topological polar surface area (TPSA) is 111 Å². The number of fused-ring (bicyclic) bond motifs is 1. The summed E-state index contributed by atoms with van der Waals surface area (Å²) in [6.45, 7) is 6.46. The number of anilines is 2. The Bertz CT molecular complexity index is 1380. The van der Waals surface area contributed by atoms with Crippen LogP contribution >= 0.6 is 11.3 Å². The Balaban J connectivity index is 1.62. The number of benzene rings is 2. The predicted octanol–water partition coefficient (Wildman–Crippen LogP) is 4.83. The number of rotatable bonds is 8. The number of hydrogen-bond donors (Lipinski definition) is 2. The van der Waals surface area contributed by atoms with Gasteiger partial charge in [0.1, 0.15) is 0 Å². The maximum absolute atomic E-state index is 11.5. The van der Waals surface area contributed by atoms with Crippen LogP contribution in [0, 0.1) is 5.92 Å². The van der Waals surface area contributed by atoms with Gasteiger partial charge in [0.25, 0.3) is 0 Å². The minimum atomic E-state index is -3.73. The molecule has 0 unspecified atom stereocenters. The molecule has 0 saturated heterocycles. The van der Waals surface area contributed by atoms with Gasteiger partial charge in [0.2, 0.25) is 16.0 Å². The summed E-state index contributed by atoms with van der Waals surface area (Å²) in [6.07, 6.45) is 2.45. The fraction of sp³-hybridized carbons (Fsp3) is 0.292. The Labute approximate surface area is 198 Å². The van der Waals surface area contributed by atoms with Crippen LogP contribution in [-0.4, -0.2) is 23.4 Å². The molecule has 0 spiro atoms. The van der Waals surface area contributed by atoms with Gasteiger partial charge in [-0.25, -0.2) is 28.5 Å². The fourth-order valence-electron chi connectivity index (χ4n) is 3.55.